The summed E-state index contributed by atoms with van der Waals surface area (Å²) in [6.07, 6.45) is 2.79. The van der Waals surface area contributed by atoms with Gasteiger partial charge in [-0.1, -0.05) is 105 Å². The summed E-state index contributed by atoms with van der Waals surface area (Å²) in [5.74, 6) is 0.438. The zero-order chi connectivity index (χ0) is 41.0. The number of aryl methyl sites for hydroxylation is 1. The maximum atomic E-state index is 13.2. The Morgan fingerprint density at radius 3 is 2.14 bits per heavy atom. The van der Waals surface area contributed by atoms with Crippen LogP contribution in [-0.4, -0.2) is 45.7 Å². The first kappa shape index (κ1) is 43.3. The van der Waals surface area contributed by atoms with Crippen LogP contribution in [0.4, 0.5) is 21.0 Å². The lowest BCUT2D eigenvalue weighted by Crippen LogP contribution is -2.40. The van der Waals surface area contributed by atoms with Crippen LogP contribution in [0.5, 0.6) is 5.75 Å². The summed E-state index contributed by atoms with van der Waals surface area (Å²) in [4.78, 5) is 38.7. The smallest absolute Gasteiger partial charge is 0.411 e. The molecule has 0 unspecified atom stereocenters. The highest BCUT2D eigenvalue weighted by Crippen LogP contribution is 2.39. The molecule has 10 nitrogen and oxygen atoms in total. The fourth-order valence-corrected chi connectivity index (χ4v) is 7.58. The van der Waals surface area contributed by atoms with Gasteiger partial charge in [-0.15, -0.1) is 0 Å². The Hall–Kier alpha value is -4.84. The molecule has 3 amide bonds. The summed E-state index contributed by atoms with van der Waals surface area (Å²) in [5, 5.41) is 9.35. The Bertz CT molecular complexity index is 1960. The first-order valence-corrected chi connectivity index (χ1v) is 22.9. The van der Waals surface area contributed by atoms with Crippen LogP contribution in [0.1, 0.15) is 76.0 Å². The quantitative estimate of drug-likeness (QED) is 0.102. The lowest BCUT2D eigenvalue weighted by molar-refractivity contribution is -0.116. The van der Waals surface area contributed by atoms with Gasteiger partial charge < -0.3 is 29.3 Å². The van der Waals surface area contributed by atoms with Crippen molar-refractivity contribution in [1.82, 2.24) is 5.32 Å². The molecule has 0 aliphatic heterocycles. The van der Waals surface area contributed by atoms with Gasteiger partial charge in [0.05, 0.1) is 30.1 Å². The van der Waals surface area contributed by atoms with Crippen molar-refractivity contribution in [3.63, 3.8) is 0 Å². The third kappa shape index (κ3) is 12.8. The maximum Gasteiger partial charge on any atom is 0.411 e. The number of halogens is 1. The Morgan fingerprint density at radius 2 is 1.47 bits per heavy atom. The molecule has 57 heavy (non-hydrogen) atoms. The summed E-state index contributed by atoms with van der Waals surface area (Å²) in [5.41, 5.74) is 5.64. The number of nitrogens with one attached hydrogen (secondary N) is 3. The molecule has 1 aliphatic carbocycles. The molecule has 3 N–H and O–H groups in total. The molecule has 0 saturated heterocycles. The Morgan fingerprint density at radius 1 is 0.789 bits per heavy atom. The van der Waals surface area contributed by atoms with Gasteiger partial charge in [0.1, 0.15) is 18.5 Å². The number of hydrogen-bond donors (Lipinski definition) is 3. The van der Waals surface area contributed by atoms with Crippen molar-refractivity contribution in [2.24, 2.45) is 0 Å². The summed E-state index contributed by atoms with van der Waals surface area (Å²) in [6, 6.07) is 28.8. The van der Waals surface area contributed by atoms with Crippen molar-refractivity contribution in [1.29, 1.82) is 0 Å². The van der Waals surface area contributed by atoms with Gasteiger partial charge in [-0.25, -0.2) is 9.59 Å². The van der Waals surface area contributed by atoms with Gasteiger partial charge in [-0.2, -0.15) is 0 Å². The fourth-order valence-electron chi connectivity index (χ4n) is 6.40. The van der Waals surface area contributed by atoms with Crippen LogP contribution in [0, 0.1) is 0 Å². The van der Waals surface area contributed by atoms with Crippen LogP contribution < -0.4 is 20.7 Å². The lowest BCUT2D eigenvalue weighted by atomic mass is 9.93. The van der Waals surface area contributed by atoms with E-state index in [-0.39, 0.29) is 36.1 Å². The molecular formula is C45H56ClN3O7Si. The average Bonchev–Trinajstić information content (AvgIpc) is 3.18. The topological polar surface area (TPSA) is 124 Å². The van der Waals surface area contributed by atoms with E-state index in [0.717, 1.165) is 27.8 Å². The second-order valence-corrected chi connectivity index (χ2v) is 21.3. The third-order valence-electron chi connectivity index (χ3n) is 10.8. The minimum absolute atomic E-state index is 0.0440. The minimum atomic E-state index is -1.99. The van der Waals surface area contributed by atoms with Gasteiger partial charge in [0.2, 0.25) is 5.91 Å². The van der Waals surface area contributed by atoms with Crippen molar-refractivity contribution in [2.75, 3.05) is 17.7 Å². The molecule has 0 radical (unpaired) electrons. The predicted octanol–water partition coefficient (Wildman–Crippen LogP) is 11.3. The second-order valence-electron chi connectivity index (χ2n) is 16.1. The van der Waals surface area contributed by atoms with E-state index in [1.165, 1.54) is 0 Å². The van der Waals surface area contributed by atoms with Crippen molar-refractivity contribution in [3.05, 3.63) is 113 Å². The van der Waals surface area contributed by atoms with Crippen molar-refractivity contribution < 1.29 is 33.0 Å². The zero-order valence-corrected chi connectivity index (χ0v) is 35.7. The number of methoxy groups -OCH3 is 1. The highest BCUT2D eigenvalue weighted by atomic mass is 35.5. The molecule has 0 atom stereocenters. The molecular weight excluding hydrogens is 758 g/mol. The van der Waals surface area contributed by atoms with Crippen molar-refractivity contribution in [3.8, 4) is 16.9 Å². The number of amides is 3. The van der Waals surface area contributed by atoms with Crippen LogP contribution in [0.3, 0.4) is 0 Å². The van der Waals surface area contributed by atoms with Crippen LogP contribution >= 0.6 is 11.6 Å². The third-order valence-corrected chi connectivity index (χ3v) is 15.6. The highest BCUT2D eigenvalue weighted by molar-refractivity contribution is 6.74. The number of benzene rings is 4. The Balaban J connectivity index is 1.13. The molecule has 304 valence electrons. The zero-order valence-electron chi connectivity index (χ0n) is 33.9. The van der Waals surface area contributed by atoms with Gasteiger partial charge >= 0.3 is 12.2 Å². The van der Waals surface area contributed by atoms with Crippen LogP contribution in [0.15, 0.2) is 91.0 Å². The van der Waals surface area contributed by atoms with E-state index in [1.54, 1.807) is 19.2 Å². The van der Waals surface area contributed by atoms with E-state index >= 15 is 0 Å². The molecule has 1 saturated carbocycles. The summed E-state index contributed by atoms with van der Waals surface area (Å²) < 4.78 is 23.3. The van der Waals surface area contributed by atoms with E-state index in [1.807, 2.05) is 78.9 Å². The van der Waals surface area contributed by atoms with Crippen LogP contribution in [0.2, 0.25) is 23.2 Å². The fraction of sp³-hybridized carbons (Fsp3) is 0.400. The van der Waals surface area contributed by atoms with E-state index in [9.17, 15) is 14.4 Å². The molecule has 5 rings (SSSR count). The first-order valence-electron chi connectivity index (χ1n) is 19.6. The summed E-state index contributed by atoms with van der Waals surface area (Å²) in [7, 11) is -0.398. The standard InChI is InChI=1S/C45H56ClN3O7Si/c1-45(2,3)57(5,6)55-30-34-27-38(46)40(28-41(34)53-4)48-42(50)19-13-16-31-20-25-37(33-17-11-8-12-18-33)39(26-31)49-44(52)56-36-23-21-35(22-24-36)47-43(51)54-29-32-14-9-7-10-15-32/h7-12,14-15,17-18,20,25-28,35-36H,13,16,19,21-24,29-30H2,1-6H3,(H,47,51)(H,48,50)(H,49,52)/t35-,36-. The van der Waals surface area contributed by atoms with Crippen molar-refractivity contribution in [2.45, 2.75) is 109 Å². The molecule has 0 heterocycles. The number of carbonyl (C=O) groups excluding carboxylic acids is 3. The molecule has 4 aromatic rings. The lowest BCUT2D eigenvalue weighted by Gasteiger charge is -2.36. The second kappa shape index (κ2) is 20.0. The van der Waals surface area contributed by atoms with Gasteiger partial charge in [-0.3, -0.25) is 10.1 Å². The molecule has 0 aromatic heterocycles. The first-order chi connectivity index (χ1) is 27.2. The SMILES string of the molecule is COc1cc(NC(=O)CCCc2ccc(-c3ccccc3)c(NC(=O)O[C@H]3CC[C@H](NC(=O)OCc4ccccc4)CC3)c2)c(Cl)cc1CO[Si](C)(C)C(C)(C)C. The van der Waals surface area contributed by atoms with Gasteiger partial charge in [0.25, 0.3) is 0 Å². The van der Waals surface area contributed by atoms with Crippen LogP contribution in [-0.2, 0) is 38.3 Å². The van der Waals surface area contributed by atoms with E-state index in [2.05, 4.69) is 49.8 Å². The van der Waals surface area contributed by atoms with Gasteiger partial charge in [-0.05, 0) is 85.5 Å². The Labute approximate surface area is 343 Å². The highest BCUT2D eigenvalue weighted by Gasteiger charge is 2.37. The number of alkyl carbamates (subject to hydrolysis) is 1. The largest absolute Gasteiger partial charge is 0.496 e. The number of hydrogen-bond acceptors (Lipinski definition) is 7. The minimum Gasteiger partial charge on any atom is -0.496 e. The van der Waals surface area contributed by atoms with Crippen LogP contribution in [0.25, 0.3) is 11.1 Å². The number of ether oxygens (including phenoxy) is 3. The molecule has 0 bridgehead atoms. The monoisotopic (exact) mass is 813 g/mol. The summed E-state index contributed by atoms with van der Waals surface area (Å²) >= 11 is 6.63. The molecule has 0 spiro atoms. The average molecular weight is 814 g/mol. The van der Waals surface area contributed by atoms with E-state index in [0.29, 0.717) is 67.3 Å². The normalized spacial score (nSPS) is 15.6. The molecule has 12 heteroatoms. The van der Waals surface area contributed by atoms with E-state index < -0.39 is 20.5 Å². The number of carbonyl (C=O) groups is 3. The van der Waals surface area contributed by atoms with Gasteiger partial charge in [0.15, 0.2) is 8.32 Å². The number of anilines is 2. The van der Waals surface area contributed by atoms with Crippen molar-refractivity contribution >= 4 is 49.4 Å². The molecule has 1 aliphatic rings. The summed E-state index contributed by atoms with van der Waals surface area (Å²) in [6.45, 7) is 11.6. The Kier molecular flexibility index (Phi) is 15.2. The van der Waals surface area contributed by atoms with E-state index in [4.69, 9.17) is 30.2 Å². The van der Waals surface area contributed by atoms with Gasteiger partial charge in [0, 0.05) is 29.7 Å². The molecule has 1 fully saturated rings. The maximum absolute atomic E-state index is 13.2. The number of rotatable bonds is 15. The molecule has 4 aromatic carbocycles. The predicted molar refractivity (Wildman–Crippen MR) is 229 cm³/mol.